The topological polar surface area (TPSA) is 26.0 Å². The molecule has 0 spiro atoms. The molecule has 0 aliphatic heterocycles. The molecule has 0 aliphatic carbocycles. The first-order chi connectivity index (χ1) is 6.16. The summed E-state index contributed by atoms with van der Waals surface area (Å²) in [6.07, 6.45) is 2.27. The van der Waals surface area contributed by atoms with Crippen molar-refractivity contribution < 1.29 is 4.39 Å². The lowest BCUT2D eigenvalue weighted by molar-refractivity contribution is 0.620. The minimum absolute atomic E-state index is 0. The van der Waals surface area contributed by atoms with Crippen LogP contribution in [-0.2, 0) is 0 Å². The smallest absolute Gasteiger partial charge is 0.142 e. The van der Waals surface area contributed by atoms with Crippen molar-refractivity contribution in [2.75, 3.05) is 0 Å². The van der Waals surface area contributed by atoms with Crippen LogP contribution in [0.15, 0.2) is 30.9 Å². The van der Waals surface area contributed by atoms with Gasteiger partial charge in [0.25, 0.3) is 0 Å². The van der Waals surface area contributed by atoms with E-state index in [1.165, 1.54) is 6.07 Å². The molecule has 2 N–H and O–H groups in total. The van der Waals surface area contributed by atoms with Crippen LogP contribution in [0.3, 0.4) is 0 Å². The summed E-state index contributed by atoms with van der Waals surface area (Å²) in [5, 5.41) is 0.108. The number of hydrogen-bond donors (Lipinski definition) is 1. The van der Waals surface area contributed by atoms with Gasteiger partial charge in [0.1, 0.15) is 5.82 Å². The third-order valence-corrected chi connectivity index (χ3v) is 2.20. The Morgan fingerprint density at radius 1 is 1.57 bits per heavy atom. The predicted molar refractivity (Wildman–Crippen MR) is 60.4 cm³/mol. The predicted octanol–water partition coefficient (Wildman–Crippen LogP) is 3.48. The molecule has 4 heteroatoms. The normalized spacial score (nSPS) is 11.6. The number of nitrogens with two attached hydrogens (primary N) is 1. The van der Waals surface area contributed by atoms with Crippen molar-refractivity contribution in [3.05, 3.63) is 47.3 Å². The Hall–Kier alpha value is -0.570. The van der Waals surface area contributed by atoms with Crippen molar-refractivity contribution >= 4 is 24.0 Å². The average molecular weight is 236 g/mol. The van der Waals surface area contributed by atoms with Crippen molar-refractivity contribution in [3.8, 4) is 0 Å². The molecule has 0 saturated carbocycles. The van der Waals surface area contributed by atoms with Gasteiger partial charge in [-0.25, -0.2) is 4.39 Å². The Kier molecular flexibility index (Phi) is 5.77. The first-order valence-corrected chi connectivity index (χ1v) is 4.35. The van der Waals surface area contributed by atoms with Crippen LogP contribution in [0.4, 0.5) is 4.39 Å². The quantitative estimate of drug-likeness (QED) is 0.799. The molecule has 0 unspecified atom stereocenters. The first kappa shape index (κ1) is 13.4. The maximum absolute atomic E-state index is 13.0. The minimum atomic E-state index is -0.432. The van der Waals surface area contributed by atoms with E-state index in [2.05, 4.69) is 6.58 Å². The van der Waals surface area contributed by atoms with Gasteiger partial charge in [-0.05, 0) is 18.1 Å². The molecular formula is C10H12Cl2FN. The summed E-state index contributed by atoms with van der Waals surface area (Å²) in [4.78, 5) is 0. The van der Waals surface area contributed by atoms with E-state index in [1.54, 1.807) is 18.2 Å². The maximum atomic E-state index is 13.0. The van der Waals surface area contributed by atoms with Gasteiger partial charge < -0.3 is 5.73 Å². The van der Waals surface area contributed by atoms with Crippen molar-refractivity contribution in [2.45, 2.75) is 12.5 Å². The summed E-state index contributed by atoms with van der Waals surface area (Å²) >= 11 is 5.73. The molecule has 0 heterocycles. The lowest BCUT2D eigenvalue weighted by Gasteiger charge is -2.11. The van der Waals surface area contributed by atoms with Crippen LogP contribution in [0.25, 0.3) is 0 Å². The van der Waals surface area contributed by atoms with Crippen LogP contribution < -0.4 is 5.73 Å². The number of rotatable bonds is 3. The van der Waals surface area contributed by atoms with Crippen LogP contribution in [-0.4, -0.2) is 0 Å². The second-order valence-electron chi connectivity index (χ2n) is 2.77. The molecule has 0 aliphatic rings. The second kappa shape index (κ2) is 6.02. The van der Waals surface area contributed by atoms with Crippen molar-refractivity contribution in [1.29, 1.82) is 0 Å². The van der Waals surface area contributed by atoms with Gasteiger partial charge in [-0.1, -0.05) is 29.8 Å². The summed E-state index contributed by atoms with van der Waals surface area (Å²) in [5.41, 5.74) is 6.38. The van der Waals surface area contributed by atoms with Gasteiger partial charge >= 0.3 is 0 Å². The zero-order valence-corrected chi connectivity index (χ0v) is 9.11. The van der Waals surface area contributed by atoms with E-state index in [4.69, 9.17) is 17.3 Å². The van der Waals surface area contributed by atoms with E-state index in [9.17, 15) is 4.39 Å². The van der Waals surface area contributed by atoms with E-state index in [0.29, 0.717) is 12.0 Å². The van der Waals surface area contributed by atoms with Gasteiger partial charge in [-0.2, -0.15) is 0 Å². The Morgan fingerprint density at radius 3 is 2.79 bits per heavy atom. The van der Waals surface area contributed by atoms with Crippen LogP contribution in [0.5, 0.6) is 0 Å². The van der Waals surface area contributed by atoms with Gasteiger partial charge in [-0.15, -0.1) is 19.0 Å². The third kappa shape index (κ3) is 2.98. The second-order valence-corrected chi connectivity index (χ2v) is 3.15. The van der Waals surface area contributed by atoms with E-state index in [0.717, 1.165) is 0 Å². The molecule has 1 atom stereocenters. The molecular weight excluding hydrogens is 224 g/mol. The molecule has 78 valence electrons. The first-order valence-electron chi connectivity index (χ1n) is 3.97. The van der Waals surface area contributed by atoms with Gasteiger partial charge in [0, 0.05) is 6.04 Å². The largest absolute Gasteiger partial charge is 0.324 e. The van der Waals surface area contributed by atoms with Crippen molar-refractivity contribution in [3.63, 3.8) is 0 Å². The summed E-state index contributed by atoms with van der Waals surface area (Å²) < 4.78 is 13.0. The molecule has 1 nitrogen and oxygen atoms in total. The Balaban J connectivity index is 0.00000169. The molecule has 0 amide bonds. The summed E-state index contributed by atoms with van der Waals surface area (Å²) in [6, 6.07) is 4.35. The highest BCUT2D eigenvalue weighted by atomic mass is 35.5. The Labute approximate surface area is 94.2 Å². The summed E-state index contributed by atoms with van der Waals surface area (Å²) in [6.45, 7) is 3.56. The lowest BCUT2D eigenvalue weighted by atomic mass is 10.0. The van der Waals surface area contributed by atoms with Crippen molar-refractivity contribution in [2.24, 2.45) is 5.73 Å². The maximum Gasteiger partial charge on any atom is 0.142 e. The van der Waals surface area contributed by atoms with Crippen molar-refractivity contribution in [1.82, 2.24) is 0 Å². The molecule has 0 fully saturated rings. The van der Waals surface area contributed by atoms with Gasteiger partial charge in [0.05, 0.1) is 5.02 Å². The van der Waals surface area contributed by atoms with E-state index >= 15 is 0 Å². The standard InChI is InChI=1S/C10H11ClFN.ClH/c1-2-4-9(13)7-5-3-6-8(12)10(7)11;/h2-3,5-6,9H,1,4,13H2;1H/t9-;/m0./s1. The monoisotopic (exact) mass is 235 g/mol. The fourth-order valence-electron chi connectivity index (χ4n) is 1.11. The van der Waals surface area contributed by atoms with E-state index in [1.807, 2.05) is 0 Å². The fraction of sp³-hybridized carbons (Fsp3) is 0.200. The van der Waals surface area contributed by atoms with E-state index in [-0.39, 0.29) is 23.5 Å². The minimum Gasteiger partial charge on any atom is -0.324 e. The molecule has 0 aromatic heterocycles. The lowest BCUT2D eigenvalue weighted by Crippen LogP contribution is -2.10. The van der Waals surface area contributed by atoms with E-state index < -0.39 is 5.82 Å². The third-order valence-electron chi connectivity index (χ3n) is 1.80. The van der Waals surface area contributed by atoms with Crippen LogP contribution >= 0.6 is 24.0 Å². The molecule has 1 rings (SSSR count). The number of hydrogen-bond acceptors (Lipinski definition) is 1. The van der Waals surface area contributed by atoms with Gasteiger partial charge in [-0.3, -0.25) is 0 Å². The SMILES string of the molecule is C=CC[C@H](N)c1cccc(F)c1Cl.Cl. The van der Waals surface area contributed by atoms with Crippen LogP contribution in [0, 0.1) is 5.82 Å². The number of halogens is 3. The van der Waals surface area contributed by atoms with Gasteiger partial charge in [0.2, 0.25) is 0 Å². The molecule has 0 radical (unpaired) electrons. The highest BCUT2D eigenvalue weighted by molar-refractivity contribution is 6.31. The zero-order chi connectivity index (χ0) is 9.84. The highest BCUT2D eigenvalue weighted by Crippen LogP contribution is 2.25. The average Bonchev–Trinajstić information content (AvgIpc) is 2.10. The summed E-state index contributed by atoms with van der Waals surface area (Å²) in [5.74, 6) is -0.432. The van der Waals surface area contributed by atoms with Crippen LogP contribution in [0.2, 0.25) is 5.02 Å². The molecule has 0 saturated heterocycles. The zero-order valence-electron chi connectivity index (χ0n) is 7.54. The van der Waals surface area contributed by atoms with Crippen LogP contribution in [0.1, 0.15) is 18.0 Å². The molecule has 14 heavy (non-hydrogen) atoms. The molecule has 1 aromatic carbocycles. The molecule has 0 bridgehead atoms. The van der Waals surface area contributed by atoms with Gasteiger partial charge in [0.15, 0.2) is 0 Å². The Bertz CT molecular complexity index is 315. The molecule has 1 aromatic rings. The summed E-state index contributed by atoms with van der Waals surface area (Å²) in [7, 11) is 0. The fourth-order valence-corrected chi connectivity index (χ4v) is 1.38. The Morgan fingerprint density at radius 2 is 2.21 bits per heavy atom. The highest BCUT2D eigenvalue weighted by Gasteiger charge is 2.11. The number of benzene rings is 1.